The number of hydrogen-bond acceptors (Lipinski definition) is 5. The Kier molecular flexibility index (Phi) is 6.60. The molecule has 2 atom stereocenters. The lowest BCUT2D eigenvalue weighted by molar-refractivity contribution is -0.141. The van der Waals surface area contributed by atoms with Crippen molar-refractivity contribution >= 4 is 29.2 Å². The first-order chi connectivity index (χ1) is 13.0. The number of hydrogen-bond donors (Lipinski definition) is 1. The van der Waals surface area contributed by atoms with E-state index < -0.39 is 0 Å². The number of carbonyl (C=O) groups excluding carboxylic acids is 2. The van der Waals surface area contributed by atoms with E-state index in [1.807, 2.05) is 19.2 Å². The van der Waals surface area contributed by atoms with Crippen molar-refractivity contribution in [2.24, 2.45) is 0 Å². The number of likely N-dealkylation sites (tertiary alicyclic amines) is 1. The van der Waals surface area contributed by atoms with Gasteiger partial charge < -0.3 is 15.0 Å². The third kappa shape index (κ3) is 4.74. The molecule has 1 N–H and O–H groups in total. The fourth-order valence-electron chi connectivity index (χ4n) is 4.03. The van der Waals surface area contributed by atoms with Gasteiger partial charge in [0.15, 0.2) is 0 Å². The molecule has 1 aromatic carbocycles. The first kappa shape index (κ1) is 20.0. The summed E-state index contributed by atoms with van der Waals surface area (Å²) in [5.41, 5.74) is 1.58. The molecule has 148 valence electrons. The van der Waals surface area contributed by atoms with Crippen LogP contribution >= 0.6 is 11.6 Å². The fraction of sp³-hybridized carbons (Fsp3) is 0.600. The number of rotatable bonds is 6. The fourth-order valence-corrected chi connectivity index (χ4v) is 4.33. The average Bonchev–Trinajstić information content (AvgIpc) is 3.31. The van der Waals surface area contributed by atoms with E-state index in [1.165, 1.54) is 20.0 Å². The van der Waals surface area contributed by atoms with Crippen LogP contribution in [0.15, 0.2) is 18.2 Å². The normalized spacial score (nSPS) is 22.9. The van der Waals surface area contributed by atoms with Crippen molar-refractivity contribution < 1.29 is 14.3 Å². The average molecular weight is 394 g/mol. The first-order valence-electron chi connectivity index (χ1n) is 9.61. The van der Waals surface area contributed by atoms with E-state index in [2.05, 4.69) is 15.1 Å². The summed E-state index contributed by atoms with van der Waals surface area (Å²) >= 11 is 6.41. The van der Waals surface area contributed by atoms with Crippen LogP contribution in [0.5, 0.6) is 0 Å². The highest BCUT2D eigenvalue weighted by atomic mass is 35.5. The summed E-state index contributed by atoms with van der Waals surface area (Å²) in [4.78, 5) is 28.4. The number of likely N-dealkylation sites (N-methyl/N-ethyl adjacent to an activating group) is 1. The molecule has 0 saturated carbocycles. The molecule has 6 nitrogen and oxygen atoms in total. The highest BCUT2D eigenvalue weighted by Gasteiger charge is 2.32. The van der Waals surface area contributed by atoms with Gasteiger partial charge in [0.1, 0.15) is 0 Å². The Labute approximate surface area is 165 Å². The van der Waals surface area contributed by atoms with Gasteiger partial charge in [0, 0.05) is 37.3 Å². The molecule has 0 aliphatic carbocycles. The van der Waals surface area contributed by atoms with Gasteiger partial charge in [-0.2, -0.15) is 0 Å². The lowest BCUT2D eigenvalue weighted by Crippen LogP contribution is -2.41. The van der Waals surface area contributed by atoms with Gasteiger partial charge >= 0.3 is 5.97 Å². The number of nitrogens with one attached hydrogen (secondary N) is 1. The van der Waals surface area contributed by atoms with Crippen LogP contribution < -0.4 is 10.2 Å². The smallest absolute Gasteiger partial charge is 0.307 e. The Morgan fingerprint density at radius 3 is 2.59 bits per heavy atom. The Morgan fingerprint density at radius 1 is 1.22 bits per heavy atom. The molecule has 1 amide bonds. The maximum absolute atomic E-state index is 12.5. The molecular weight excluding hydrogens is 366 g/mol. The van der Waals surface area contributed by atoms with E-state index in [1.54, 1.807) is 6.07 Å². The maximum Gasteiger partial charge on any atom is 0.307 e. The molecule has 2 aliphatic rings. The van der Waals surface area contributed by atoms with Crippen molar-refractivity contribution in [2.75, 3.05) is 38.7 Å². The van der Waals surface area contributed by atoms with Gasteiger partial charge in [-0.1, -0.05) is 11.6 Å². The van der Waals surface area contributed by atoms with E-state index in [-0.39, 0.29) is 24.0 Å². The van der Waals surface area contributed by atoms with Crippen LogP contribution in [0.1, 0.15) is 42.5 Å². The largest absolute Gasteiger partial charge is 0.469 e. The summed E-state index contributed by atoms with van der Waals surface area (Å²) in [5.74, 6) is -0.307. The van der Waals surface area contributed by atoms with Crippen LogP contribution in [0.25, 0.3) is 0 Å². The van der Waals surface area contributed by atoms with Crippen molar-refractivity contribution in [2.45, 2.75) is 44.2 Å². The van der Waals surface area contributed by atoms with Gasteiger partial charge in [-0.15, -0.1) is 0 Å². The van der Waals surface area contributed by atoms with Crippen LogP contribution in [0.2, 0.25) is 5.02 Å². The summed E-state index contributed by atoms with van der Waals surface area (Å²) in [6, 6.07) is 5.93. The molecule has 27 heavy (non-hydrogen) atoms. The molecule has 2 heterocycles. The summed E-state index contributed by atoms with van der Waals surface area (Å²) < 4.78 is 4.76. The molecule has 0 aromatic heterocycles. The lowest BCUT2D eigenvalue weighted by atomic mass is 10.1. The maximum atomic E-state index is 12.5. The Hall–Kier alpha value is -1.79. The zero-order valence-electron chi connectivity index (χ0n) is 16.0. The Bertz CT molecular complexity index is 691. The molecule has 2 aliphatic heterocycles. The minimum Gasteiger partial charge on any atom is -0.469 e. The standard InChI is InChI=1S/C20H28ClN3O3/c1-23-15(12-19(25)27-2)6-7-16(23)13-22-20(26)14-5-8-18(17(21)11-14)24-9-3-4-10-24/h5,8,11,15-16H,3-4,6-7,9-10,12-13H2,1-2H3,(H,22,26)/t15-,16+/m1/s1. The second-order valence-electron chi connectivity index (χ2n) is 7.40. The number of ether oxygens (including phenoxy) is 1. The van der Waals surface area contributed by atoms with Crippen molar-refractivity contribution in [1.29, 1.82) is 0 Å². The van der Waals surface area contributed by atoms with Crippen LogP contribution in [-0.4, -0.2) is 62.7 Å². The number of benzene rings is 1. The lowest BCUT2D eigenvalue weighted by Gasteiger charge is -2.25. The monoisotopic (exact) mass is 393 g/mol. The predicted molar refractivity (Wildman–Crippen MR) is 106 cm³/mol. The van der Waals surface area contributed by atoms with E-state index in [0.29, 0.717) is 23.6 Å². The van der Waals surface area contributed by atoms with Gasteiger partial charge in [0.05, 0.1) is 24.2 Å². The van der Waals surface area contributed by atoms with Crippen LogP contribution in [-0.2, 0) is 9.53 Å². The van der Waals surface area contributed by atoms with Gasteiger partial charge in [-0.25, -0.2) is 0 Å². The van der Waals surface area contributed by atoms with Gasteiger partial charge in [0.2, 0.25) is 0 Å². The molecule has 0 spiro atoms. The van der Waals surface area contributed by atoms with Gasteiger partial charge in [-0.05, 0) is 50.9 Å². The number of esters is 1. The first-order valence-corrected chi connectivity index (χ1v) is 9.99. The van der Waals surface area contributed by atoms with Crippen LogP contribution in [0.4, 0.5) is 5.69 Å². The van der Waals surface area contributed by atoms with E-state index in [9.17, 15) is 9.59 Å². The second kappa shape index (κ2) is 8.93. The number of methoxy groups -OCH3 is 1. The minimum atomic E-state index is -0.190. The Morgan fingerprint density at radius 2 is 1.93 bits per heavy atom. The third-order valence-electron chi connectivity index (χ3n) is 5.77. The summed E-state index contributed by atoms with van der Waals surface area (Å²) in [5, 5.41) is 3.63. The van der Waals surface area contributed by atoms with Crippen molar-refractivity contribution in [3.8, 4) is 0 Å². The highest BCUT2D eigenvalue weighted by molar-refractivity contribution is 6.33. The van der Waals surface area contributed by atoms with Gasteiger partial charge in [0.25, 0.3) is 5.91 Å². The van der Waals surface area contributed by atoms with Crippen molar-refractivity contribution in [1.82, 2.24) is 10.2 Å². The minimum absolute atomic E-state index is 0.116. The number of carbonyl (C=O) groups is 2. The third-order valence-corrected chi connectivity index (χ3v) is 6.07. The summed E-state index contributed by atoms with van der Waals surface area (Å²) in [6.07, 6.45) is 4.65. The zero-order chi connectivity index (χ0) is 19.4. The number of nitrogens with zero attached hydrogens (tertiary/aromatic N) is 2. The van der Waals surface area contributed by atoms with Crippen molar-refractivity contribution in [3.63, 3.8) is 0 Å². The summed E-state index contributed by atoms with van der Waals surface area (Å²) in [6.45, 7) is 2.59. The second-order valence-corrected chi connectivity index (χ2v) is 7.81. The molecular formula is C20H28ClN3O3. The quantitative estimate of drug-likeness (QED) is 0.753. The van der Waals surface area contributed by atoms with E-state index >= 15 is 0 Å². The zero-order valence-corrected chi connectivity index (χ0v) is 16.8. The van der Waals surface area contributed by atoms with E-state index in [4.69, 9.17) is 16.3 Å². The van der Waals surface area contributed by atoms with Crippen LogP contribution in [0.3, 0.4) is 0 Å². The Balaban J connectivity index is 1.53. The molecule has 2 saturated heterocycles. The van der Waals surface area contributed by atoms with E-state index in [0.717, 1.165) is 31.6 Å². The topological polar surface area (TPSA) is 61.9 Å². The predicted octanol–water partition coefficient (Wildman–Crippen LogP) is 2.70. The number of halogens is 1. The molecule has 0 unspecified atom stereocenters. The highest BCUT2D eigenvalue weighted by Crippen LogP contribution is 2.29. The summed E-state index contributed by atoms with van der Waals surface area (Å²) in [7, 11) is 3.41. The van der Waals surface area contributed by atoms with Crippen molar-refractivity contribution in [3.05, 3.63) is 28.8 Å². The number of anilines is 1. The molecule has 0 radical (unpaired) electrons. The molecule has 3 rings (SSSR count). The van der Waals surface area contributed by atoms with Gasteiger partial charge in [-0.3, -0.25) is 14.5 Å². The molecule has 2 fully saturated rings. The van der Waals surface area contributed by atoms with Crippen LogP contribution in [0, 0.1) is 0 Å². The molecule has 7 heteroatoms. The molecule has 0 bridgehead atoms. The SMILES string of the molecule is COC(=O)C[C@H]1CC[C@@H](CNC(=O)c2ccc(N3CCCC3)c(Cl)c2)N1C. The number of amides is 1. The molecule has 1 aromatic rings.